The van der Waals surface area contributed by atoms with Gasteiger partial charge in [0.05, 0.1) is 0 Å². The Morgan fingerprint density at radius 3 is 1.53 bits per heavy atom. The summed E-state index contributed by atoms with van der Waals surface area (Å²) in [4.78, 5) is 0. The average Bonchev–Trinajstić information content (AvgIpc) is 2.42. The van der Waals surface area contributed by atoms with Gasteiger partial charge in [-0.15, -0.1) is 0 Å². The molecule has 1 atom stereocenters. The molecule has 0 radical (unpaired) electrons. The van der Waals surface area contributed by atoms with Gasteiger partial charge < -0.3 is 0 Å². The Morgan fingerprint density at radius 2 is 1.18 bits per heavy atom. The lowest BCUT2D eigenvalue weighted by molar-refractivity contribution is 0.120. The van der Waals surface area contributed by atoms with Gasteiger partial charge in [-0.25, -0.2) is 0 Å². The monoisotopic (exact) mass is 238 g/mol. The van der Waals surface area contributed by atoms with E-state index in [4.69, 9.17) is 0 Å². The van der Waals surface area contributed by atoms with Gasteiger partial charge in [-0.3, -0.25) is 0 Å². The first-order valence-electron chi connectivity index (χ1n) is 8.25. The average molecular weight is 238 g/mol. The van der Waals surface area contributed by atoms with E-state index < -0.39 is 0 Å². The summed E-state index contributed by atoms with van der Waals surface area (Å²) in [6.07, 6.45) is 17.7. The van der Waals surface area contributed by atoms with Crippen molar-refractivity contribution < 1.29 is 0 Å². The second-order valence-electron chi connectivity index (χ2n) is 6.35. The molecule has 0 nitrogen and oxygen atoms in total. The van der Waals surface area contributed by atoms with E-state index in [1.54, 1.807) is 0 Å². The van der Waals surface area contributed by atoms with E-state index in [0.29, 0.717) is 5.41 Å². The minimum Gasteiger partial charge on any atom is -0.0651 e. The standard InChI is InChI=1S/C17H34/c1-4-16(3)17(5-2)14-12-10-8-6-7-9-11-13-15-17/h16H,4-15H2,1-3H3. The van der Waals surface area contributed by atoms with Crippen LogP contribution in [-0.4, -0.2) is 0 Å². The van der Waals surface area contributed by atoms with Crippen LogP contribution in [0.2, 0.25) is 0 Å². The highest BCUT2D eigenvalue weighted by atomic mass is 14.4. The van der Waals surface area contributed by atoms with Gasteiger partial charge in [0.25, 0.3) is 0 Å². The molecular weight excluding hydrogens is 204 g/mol. The van der Waals surface area contributed by atoms with Crippen LogP contribution >= 0.6 is 0 Å². The molecule has 1 aliphatic carbocycles. The zero-order valence-corrected chi connectivity index (χ0v) is 12.6. The molecule has 0 heterocycles. The Kier molecular flexibility index (Phi) is 7.23. The third-order valence-corrected chi connectivity index (χ3v) is 5.46. The minimum absolute atomic E-state index is 0.680. The molecule has 1 saturated carbocycles. The highest BCUT2D eigenvalue weighted by Crippen LogP contribution is 2.43. The predicted octanol–water partition coefficient (Wildman–Crippen LogP) is 6.34. The normalized spacial score (nSPS) is 24.9. The summed E-state index contributed by atoms with van der Waals surface area (Å²) >= 11 is 0. The van der Waals surface area contributed by atoms with Gasteiger partial charge in [-0.2, -0.15) is 0 Å². The van der Waals surface area contributed by atoms with Crippen LogP contribution in [0.3, 0.4) is 0 Å². The Morgan fingerprint density at radius 1 is 0.765 bits per heavy atom. The Hall–Kier alpha value is 0. The van der Waals surface area contributed by atoms with Crippen molar-refractivity contribution in [3.8, 4) is 0 Å². The van der Waals surface area contributed by atoms with E-state index in [1.807, 2.05) is 0 Å². The molecule has 0 N–H and O–H groups in total. The first kappa shape index (κ1) is 15.1. The zero-order chi connectivity index (χ0) is 12.6. The van der Waals surface area contributed by atoms with Crippen molar-refractivity contribution >= 4 is 0 Å². The summed E-state index contributed by atoms with van der Waals surface area (Å²) in [5.74, 6) is 0.924. The van der Waals surface area contributed by atoms with Crippen LogP contribution in [0, 0.1) is 11.3 Å². The molecule has 0 aromatic carbocycles. The van der Waals surface area contributed by atoms with Gasteiger partial charge in [0.15, 0.2) is 0 Å². The molecule has 1 unspecified atom stereocenters. The highest BCUT2D eigenvalue weighted by Gasteiger charge is 2.32. The molecule has 102 valence electrons. The molecule has 0 spiro atoms. The van der Waals surface area contributed by atoms with E-state index in [9.17, 15) is 0 Å². The third-order valence-electron chi connectivity index (χ3n) is 5.46. The van der Waals surface area contributed by atoms with E-state index in [1.165, 1.54) is 77.0 Å². The summed E-state index contributed by atoms with van der Waals surface area (Å²) < 4.78 is 0. The molecule has 0 aromatic rings. The lowest BCUT2D eigenvalue weighted by Crippen LogP contribution is -2.28. The quantitative estimate of drug-likeness (QED) is 0.538. The number of rotatable bonds is 3. The molecule has 0 aromatic heterocycles. The first-order chi connectivity index (χ1) is 8.25. The van der Waals surface area contributed by atoms with Crippen LogP contribution in [-0.2, 0) is 0 Å². The summed E-state index contributed by atoms with van der Waals surface area (Å²) in [6, 6.07) is 0. The lowest BCUT2D eigenvalue weighted by Gasteiger charge is -2.39. The predicted molar refractivity (Wildman–Crippen MR) is 78.3 cm³/mol. The van der Waals surface area contributed by atoms with E-state index in [2.05, 4.69) is 20.8 Å². The van der Waals surface area contributed by atoms with Gasteiger partial charge in [0.1, 0.15) is 0 Å². The van der Waals surface area contributed by atoms with Gasteiger partial charge in [-0.05, 0) is 24.2 Å². The van der Waals surface area contributed by atoms with Gasteiger partial charge in [-0.1, -0.05) is 85.0 Å². The second kappa shape index (κ2) is 8.16. The Balaban J connectivity index is 2.61. The van der Waals surface area contributed by atoms with E-state index in [0.717, 1.165) is 5.92 Å². The molecule has 0 heteroatoms. The van der Waals surface area contributed by atoms with Crippen LogP contribution in [0.25, 0.3) is 0 Å². The smallest absolute Gasteiger partial charge is 0.0275 e. The van der Waals surface area contributed by atoms with Gasteiger partial charge >= 0.3 is 0 Å². The van der Waals surface area contributed by atoms with Crippen molar-refractivity contribution in [3.63, 3.8) is 0 Å². The maximum Gasteiger partial charge on any atom is -0.0275 e. The number of hydrogen-bond donors (Lipinski definition) is 0. The SMILES string of the molecule is CCC(C)C1(CC)CCCCCCCCCC1. The van der Waals surface area contributed by atoms with Gasteiger partial charge in [0, 0.05) is 0 Å². The van der Waals surface area contributed by atoms with Crippen molar-refractivity contribution in [1.82, 2.24) is 0 Å². The van der Waals surface area contributed by atoms with Crippen LogP contribution in [0.1, 0.15) is 97.8 Å². The minimum atomic E-state index is 0.680. The van der Waals surface area contributed by atoms with Crippen molar-refractivity contribution in [3.05, 3.63) is 0 Å². The largest absolute Gasteiger partial charge is 0.0651 e. The summed E-state index contributed by atoms with van der Waals surface area (Å²) in [7, 11) is 0. The molecule has 0 aliphatic heterocycles. The molecule has 0 amide bonds. The van der Waals surface area contributed by atoms with E-state index in [-0.39, 0.29) is 0 Å². The Labute approximate surface area is 110 Å². The zero-order valence-electron chi connectivity index (χ0n) is 12.6. The van der Waals surface area contributed by atoms with Gasteiger partial charge in [0.2, 0.25) is 0 Å². The van der Waals surface area contributed by atoms with Crippen molar-refractivity contribution in [1.29, 1.82) is 0 Å². The fraction of sp³-hybridized carbons (Fsp3) is 1.00. The molecule has 0 bridgehead atoms. The van der Waals surface area contributed by atoms with Crippen molar-refractivity contribution in [2.45, 2.75) is 97.8 Å². The summed E-state index contributed by atoms with van der Waals surface area (Å²) in [6.45, 7) is 7.32. The maximum atomic E-state index is 2.50. The summed E-state index contributed by atoms with van der Waals surface area (Å²) in [5.41, 5.74) is 0.680. The van der Waals surface area contributed by atoms with Crippen molar-refractivity contribution in [2.24, 2.45) is 11.3 Å². The molecule has 17 heavy (non-hydrogen) atoms. The fourth-order valence-corrected chi connectivity index (χ4v) is 3.77. The van der Waals surface area contributed by atoms with Crippen LogP contribution < -0.4 is 0 Å². The fourth-order valence-electron chi connectivity index (χ4n) is 3.77. The summed E-state index contributed by atoms with van der Waals surface area (Å²) in [5, 5.41) is 0. The molecule has 0 saturated heterocycles. The van der Waals surface area contributed by atoms with Crippen molar-refractivity contribution in [2.75, 3.05) is 0 Å². The van der Waals surface area contributed by atoms with E-state index >= 15 is 0 Å². The third kappa shape index (κ3) is 4.64. The van der Waals surface area contributed by atoms with Crippen LogP contribution in [0.4, 0.5) is 0 Å². The second-order valence-corrected chi connectivity index (χ2v) is 6.35. The molecule has 1 rings (SSSR count). The molecular formula is C17H34. The molecule has 1 aliphatic rings. The van der Waals surface area contributed by atoms with Crippen LogP contribution in [0.5, 0.6) is 0 Å². The Bertz CT molecular complexity index is 170. The molecule has 1 fully saturated rings. The topological polar surface area (TPSA) is 0 Å². The van der Waals surface area contributed by atoms with Crippen LogP contribution in [0.15, 0.2) is 0 Å². The number of hydrogen-bond acceptors (Lipinski definition) is 0. The first-order valence-corrected chi connectivity index (χ1v) is 8.25. The lowest BCUT2D eigenvalue weighted by atomic mass is 9.66. The maximum absolute atomic E-state index is 2.50. The highest BCUT2D eigenvalue weighted by molar-refractivity contribution is 4.83.